The lowest BCUT2D eigenvalue weighted by Crippen LogP contribution is -2.32. The van der Waals surface area contributed by atoms with E-state index in [0.717, 1.165) is 12.1 Å². The van der Waals surface area contributed by atoms with Gasteiger partial charge in [0.25, 0.3) is 11.2 Å². The minimum absolute atomic E-state index is 0.00824. The number of carbonyl (C=O) groups excluding carboxylic acids is 1. The molecule has 1 atom stereocenters. The van der Waals surface area contributed by atoms with Crippen molar-refractivity contribution >= 4 is 29.1 Å². The molecular formula is C18H16N4O4S. The number of nitrogens with zero attached hydrogens (tertiary/aromatic N) is 2. The molecule has 0 saturated carbocycles. The minimum Gasteiger partial charge on any atom is -0.343 e. The molecule has 0 fully saturated rings. The number of non-ortho nitro benzene ring substituents is 1. The lowest BCUT2D eigenvalue weighted by atomic mass is 9.76. The fraction of sp³-hybridized carbons (Fsp3) is 0.278. The zero-order chi connectivity index (χ0) is 19.1. The van der Waals surface area contributed by atoms with Gasteiger partial charge in [-0.2, -0.15) is 0 Å². The van der Waals surface area contributed by atoms with Crippen molar-refractivity contribution in [3.05, 3.63) is 67.1 Å². The van der Waals surface area contributed by atoms with Gasteiger partial charge in [-0.15, -0.1) is 0 Å². The number of benzene rings is 1. The third-order valence-electron chi connectivity index (χ3n) is 4.87. The molecule has 0 saturated heterocycles. The quantitative estimate of drug-likeness (QED) is 0.361. The van der Waals surface area contributed by atoms with Crippen molar-refractivity contribution in [2.24, 2.45) is 0 Å². The molecule has 4 rings (SSSR count). The van der Waals surface area contributed by atoms with Gasteiger partial charge >= 0.3 is 0 Å². The highest BCUT2D eigenvalue weighted by Crippen LogP contribution is 2.43. The molecule has 2 N–H and O–H groups in total. The van der Waals surface area contributed by atoms with Crippen LogP contribution in [0.2, 0.25) is 0 Å². The monoisotopic (exact) mass is 384 g/mol. The molecule has 0 unspecified atom stereocenters. The van der Waals surface area contributed by atoms with E-state index in [1.165, 1.54) is 23.9 Å². The first-order valence-electron chi connectivity index (χ1n) is 8.45. The van der Waals surface area contributed by atoms with Crippen LogP contribution in [0.5, 0.6) is 0 Å². The van der Waals surface area contributed by atoms with Crippen LogP contribution in [0.15, 0.2) is 45.5 Å². The molecule has 27 heavy (non-hydrogen) atoms. The number of nitrogens with one attached hydrogen (secondary N) is 2. The van der Waals surface area contributed by atoms with Gasteiger partial charge in [-0.25, -0.2) is 4.98 Å². The summed E-state index contributed by atoms with van der Waals surface area (Å²) in [4.78, 5) is 43.2. The zero-order valence-corrected chi connectivity index (χ0v) is 15.3. The highest BCUT2D eigenvalue weighted by Gasteiger charge is 2.37. The highest BCUT2D eigenvalue weighted by atomic mass is 32.2. The molecule has 1 aromatic heterocycles. The Hall–Kier alpha value is -2.94. The largest absolute Gasteiger partial charge is 0.343 e. The zero-order valence-electron chi connectivity index (χ0n) is 14.4. The fourth-order valence-corrected chi connectivity index (χ4v) is 4.04. The van der Waals surface area contributed by atoms with Crippen molar-refractivity contribution < 1.29 is 9.72 Å². The molecule has 2 heterocycles. The number of aromatic nitrogens is 2. The van der Waals surface area contributed by atoms with Gasteiger partial charge in [0.1, 0.15) is 5.82 Å². The van der Waals surface area contributed by atoms with E-state index in [1.807, 2.05) is 6.26 Å². The average Bonchev–Trinajstić information content (AvgIpc) is 2.66. The summed E-state index contributed by atoms with van der Waals surface area (Å²) in [5.41, 5.74) is 2.02. The fourth-order valence-electron chi connectivity index (χ4n) is 3.66. The van der Waals surface area contributed by atoms with Crippen LogP contribution in [0.25, 0.3) is 0 Å². The summed E-state index contributed by atoms with van der Waals surface area (Å²) < 4.78 is 0. The van der Waals surface area contributed by atoms with E-state index in [2.05, 4.69) is 15.3 Å². The summed E-state index contributed by atoms with van der Waals surface area (Å²) in [6, 6.07) is 5.99. The number of Topliss-reactive ketones (excluding diaryl/α,β-unsaturated/α-hetero) is 1. The van der Waals surface area contributed by atoms with E-state index in [0.29, 0.717) is 40.5 Å². The number of hydrogen-bond donors (Lipinski definition) is 2. The number of fused-ring (bicyclic) bond motifs is 1. The normalized spacial score (nSPS) is 18.6. The standard InChI is InChI=1S/C18H16N4O4S/c1-27-18-20-16-15(17(24)21-18)13(9-5-7-10(8-6-9)22(25)26)14-11(19-16)3-2-4-12(14)23/h5-8,13H,2-4H2,1H3,(H2,19,20,21,24)/t13-/m1/s1. The number of allylic oxidation sites excluding steroid dienone is 2. The van der Waals surface area contributed by atoms with Gasteiger partial charge in [-0.3, -0.25) is 19.7 Å². The van der Waals surface area contributed by atoms with Crippen molar-refractivity contribution in [1.82, 2.24) is 9.97 Å². The second kappa shape index (κ2) is 6.66. The summed E-state index contributed by atoms with van der Waals surface area (Å²) in [5.74, 6) is -0.150. The van der Waals surface area contributed by atoms with Crippen LogP contribution in [-0.2, 0) is 4.79 Å². The maximum atomic E-state index is 12.8. The molecule has 8 nitrogen and oxygen atoms in total. The van der Waals surface area contributed by atoms with Gasteiger partial charge in [0.2, 0.25) is 0 Å². The number of ketones is 1. The lowest BCUT2D eigenvalue weighted by Gasteiger charge is -2.32. The van der Waals surface area contributed by atoms with Crippen LogP contribution in [0.1, 0.15) is 36.3 Å². The van der Waals surface area contributed by atoms with E-state index in [1.54, 1.807) is 12.1 Å². The van der Waals surface area contributed by atoms with Crippen molar-refractivity contribution in [2.45, 2.75) is 30.3 Å². The Kier molecular flexibility index (Phi) is 4.31. The van der Waals surface area contributed by atoms with Crippen LogP contribution >= 0.6 is 11.8 Å². The molecule has 0 bridgehead atoms. The van der Waals surface area contributed by atoms with E-state index in [9.17, 15) is 19.7 Å². The number of hydrogen-bond acceptors (Lipinski definition) is 7. The lowest BCUT2D eigenvalue weighted by molar-refractivity contribution is -0.384. The Morgan fingerprint density at radius 2 is 1.96 bits per heavy atom. The maximum Gasteiger partial charge on any atom is 0.269 e. The summed E-state index contributed by atoms with van der Waals surface area (Å²) in [5, 5.41) is 14.6. The van der Waals surface area contributed by atoms with E-state index in [-0.39, 0.29) is 17.0 Å². The number of anilines is 1. The van der Waals surface area contributed by atoms with Gasteiger partial charge in [0, 0.05) is 35.7 Å². The minimum atomic E-state index is -0.586. The molecule has 0 radical (unpaired) electrons. The Bertz CT molecular complexity index is 1040. The number of aromatic amines is 1. The topological polar surface area (TPSA) is 118 Å². The predicted octanol–water partition coefficient (Wildman–Crippen LogP) is 2.96. The van der Waals surface area contributed by atoms with Crippen molar-refractivity contribution in [3.63, 3.8) is 0 Å². The number of nitro benzene ring substituents is 1. The molecule has 2 aliphatic rings. The Balaban J connectivity index is 1.94. The molecular weight excluding hydrogens is 368 g/mol. The van der Waals surface area contributed by atoms with Gasteiger partial charge < -0.3 is 10.3 Å². The van der Waals surface area contributed by atoms with Crippen molar-refractivity contribution in [3.8, 4) is 0 Å². The highest BCUT2D eigenvalue weighted by molar-refractivity contribution is 7.98. The van der Waals surface area contributed by atoms with Crippen LogP contribution in [0.3, 0.4) is 0 Å². The number of nitro groups is 1. The summed E-state index contributed by atoms with van der Waals surface area (Å²) in [6.45, 7) is 0. The predicted molar refractivity (Wildman–Crippen MR) is 101 cm³/mol. The third kappa shape index (κ3) is 2.93. The second-order valence-corrected chi connectivity index (χ2v) is 7.21. The summed E-state index contributed by atoms with van der Waals surface area (Å²) in [6.07, 6.45) is 3.68. The third-order valence-corrected chi connectivity index (χ3v) is 5.45. The molecule has 9 heteroatoms. The molecule has 138 valence electrons. The van der Waals surface area contributed by atoms with Gasteiger partial charge in [0.05, 0.1) is 10.5 Å². The summed E-state index contributed by atoms with van der Waals surface area (Å²) >= 11 is 1.32. The number of carbonyl (C=O) groups is 1. The van der Waals surface area contributed by atoms with E-state index < -0.39 is 10.8 Å². The average molecular weight is 384 g/mol. The van der Waals surface area contributed by atoms with E-state index in [4.69, 9.17) is 0 Å². The number of H-pyrrole nitrogens is 1. The number of rotatable bonds is 3. The van der Waals surface area contributed by atoms with Gasteiger partial charge in [-0.05, 0) is 24.7 Å². The Morgan fingerprint density at radius 3 is 2.63 bits per heavy atom. The van der Waals surface area contributed by atoms with E-state index >= 15 is 0 Å². The molecule has 0 spiro atoms. The first-order chi connectivity index (χ1) is 13.0. The van der Waals surface area contributed by atoms with Crippen LogP contribution in [0, 0.1) is 10.1 Å². The first kappa shape index (κ1) is 17.5. The first-order valence-corrected chi connectivity index (χ1v) is 9.68. The molecule has 1 aliphatic carbocycles. The number of thioether (sulfide) groups is 1. The Morgan fingerprint density at radius 1 is 1.22 bits per heavy atom. The van der Waals surface area contributed by atoms with Crippen molar-refractivity contribution in [1.29, 1.82) is 0 Å². The molecule has 1 aliphatic heterocycles. The van der Waals surface area contributed by atoms with Crippen LogP contribution in [0.4, 0.5) is 11.5 Å². The smallest absolute Gasteiger partial charge is 0.269 e. The van der Waals surface area contributed by atoms with Crippen LogP contribution < -0.4 is 10.9 Å². The van der Waals surface area contributed by atoms with Gasteiger partial charge in [0.15, 0.2) is 10.9 Å². The Labute approximate surface area is 158 Å². The van der Waals surface area contributed by atoms with Crippen LogP contribution in [-0.4, -0.2) is 26.9 Å². The second-order valence-electron chi connectivity index (χ2n) is 6.41. The maximum absolute atomic E-state index is 12.8. The summed E-state index contributed by atoms with van der Waals surface area (Å²) in [7, 11) is 0. The van der Waals surface area contributed by atoms with Gasteiger partial charge in [-0.1, -0.05) is 23.9 Å². The van der Waals surface area contributed by atoms with Crippen molar-refractivity contribution in [2.75, 3.05) is 11.6 Å². The SMILES string of the molecule is CSc1nc2c(c(=O)[nH]1)[C@H](c1ccc([N+](=O)[O-])cc1)C1=C(CCCC1=O)N2. The molecule has 2 aromatic rings. The molecule has 1 aromatic carbocycles. The molecule has 0 amide bonds.